The molecule has 2 atom stereocenters. The van der Waals surface area contributed by atoms with E-state index in [2.05, 4.69) is 13.5 Å². The molecule has 2 aromatic rings. The highest BCUT2D eigenvalue weighted by molar-refractivity contribution is 5.54. The Kier molecular flexibility index (Phi) is 6.19. The van der Waals surface area contributed by atoms with Crippen molar-refractivity contribution in [1.29, 1.82) is 0 Å². The van der Waals surface area contributed by atoms with Gasteiger partial charge in [0.05, 0.1) is 12.7 Å². The summed E-state index contributed by atoms with van der Waals surface area (Å²) in [5.74, 6) is -2.85. The van der Waals surface area contributed by atoms with Crippen LogP contribution in [-0.4, -0.2) is 12.7 Å². The Hall–Kier alpha value is -2.27. The second-order valence-electron chi connectivity index (χ2n) is 8.23. The van der Waals surface area contributed by atoms with Crippen molar-refractivity contribution in [2.24, 2.45) is 0 Å². The smallest absolute Gasteiger partial charge is 0.201 e. The van der Waals surface area contributed by atoms with Crippen LogP contribution in [0.4, 0.5) is 13.2 Å². The summed E-state index contributed by atoms with van der Waals surface area (Å²) < 4.78 is 56.2. The lowest BCUT2D eigenvalue weighted by molar-refractivity contribution is -0.00185. The highest BCUT2D eigenvalue weighted by Crippen LogP contribution is 2.44. The van der Waals surface area contributed by atoms with Crippen LogP contribution in [0.25, 0.3) is 0 Å². The van der Waals surface area contributed by atoms with Crippen molar-refractivity contribution in [2.75, 3.05) is 6.61 Å². The first kappa shape index (κ1) is 21.0. The van der Waals surface area contributed by atoms with Gasteiger partial charge in [-0.15, -0.1) is 6.58 Å². The first-order valence-electron chi connectivity index (χ1n) is 10.7. The number of benzene rings is 2. The topological polar surface area (TPSA) is 18.5 Å². The van der Waals surface area contributed by atoms with Crippen LogP contribution >= 0.6 is 0 Å². The summed E-state index contributed by atoms with van der Waals surface area (Å²) in [6.07, 6.45) is 6.96. The molecule has 0 radical (unpaired) electrons. The van der Waals surface area contributed by atoms with Crippen molar-refractivity contribution < 1.29 is 22.6 Å². The minimum Gasteiger partial charge on any atom is -0.450 e. The first-order valence-corrected chi connectivity index (χ1v) is 10.7. The van der Waals surface area contributed by atoms with E-state index >= 15 is 0 Å². The fourth-order valence-electron chi connectivity index (χ4n) is 4.47. The summed E-state index contributed by atoms with van der Waals surface area (Å²) in [5.41, 5.74) is 2.00. The summed E-state index contributed by atoms with van der Waals surface area (Å²) in [5, 5.41) is 0. The molecule has 0 aliphatic carbocycles. The first-order chi connectivity index (χ1) is 14.5. The van der Waals surface area contributed by atoms with Crippen LogP contribution in [0.1, 0.15) is 67.2 Å². The third-order valence-corrected chi connectivity index (χ3v) is 6.15. The molecular weight excluding hydrogens is 389 g/mol. The number of allylic oxidation sites excluding steroid dienone is 1. The minimum absolute atomic E-state index is 0.00137. The lowest BCUT2D eigenvalue weighted by Gasteiger charge is -2.30. The Morgan fingerprint density at radius 2 is 1.87 bits per heavy atom. The summed E-state index contributed by atoms with van der Waals surface area (Å²) in [6.45, 7) is 6.15. The van der Waals surface area contributed by atoms with Crippen LogP contribution in [-0.2, 0) is 17.6 Å². The lowest BCUT2D eigenvalue weighted by atomic mass is 9.87. The molecular formula is C25H27F3O2. The van der Waals surface area contributed by atoms with Gasteiger partial charge in [-0.1, -0.05) is 31.6 Å². The van der Waals surface area contributed by atoms with Gasteiger partial charge in [0.15, 0.2) is 23.1 Å². The van der Waals surface area contributed by atoms with Crippen LogP contribution in [0.3, 0.4) is 0 Å². The SMILES string of the molecule is C=CCCc1ccc2c(c1F)Oc1c(cc(C3CCC(CCC)OC3)c(F)c1F)C2. The summed E-state index contributed by atoms with van der Waals surface area (Å²) in [7, 11) is 0. The van der Waals surface area contributed by atoms with Crippen molar-refractivity contribution in [1.82, 2.24) is 0 Å². The van der Waals surface area contributed by atoms with Crippen LogP contribution in [0.2, 0.25) is 0 Å². The quantitative estimate of drug-likeness (QED) is 0.404. The molecule has 5 heteroatoms. The minimum atomic E-state index is -1.04. The molecule has 0 N–H and O–H groups in total. The van der Waals surface area contributed by atoms with Gasteiger partial charge in [0, 0.05) is 23.5 Å². The van der Waals surface area contributed by atoms with Gasteiger partial charge < -0.3 is 9.47 Å². The largest absolute Gasteiger partial charge is 0.450 e. The molecule has 1 saturated heterocycles. The Balaban J connectivity index is 1.62. The van der Waals surface area contributed by atoms with E-state index in [0.29, 0.717) is 48.1 Å². The summed E-state index contributed by atoms with van der Waals surface area (Å²) in [4.78, 5) is 0. The Morgan fingerprint density at radius 3 is 2.57 bits per heavy atom. The number of hydrogen-bond donors (Lipinski definition) is 0. The fraction of sp³-hybridized carbons (Fsp3) is 0.440. The molecule has 2 heterocycles. The van der Waals surface area contributed by atoms with E-state index in [0.717, 1.165) is 25.7 Å². The second kappa shape index (κ2) is 8.84. The molecule has 0 amide bonds. The van der Waals surface area contributed by atoms with Gasteiger partial charge in [-0.3, -0.25) is 0 Å². The molecule has 2 aromatic carbocycles. The van der Waals surface area contributed by atoms with Crippen molar-refractivity contribution in [3.8, 4) is 11.5 Å². The van der Waals surface area contributed by atoms with Gasteiger partial charge in [-0.2, -0.15) is 4.39 Å². The van der Waals surface area contributed by atoms with E-state index in [-0.39, 0.29) is 23.5 Å². The standard InChI is InChI=1S/C25H27F3O2/c1-3-5-7-15-8-9-16-12-18-13-20(17-10-11-19(6-4-2)29-14-17)22(27)23(28)25(18)30-24(16)21(15)26/h3,8-9,13,17,19H,1,4-7,10-12,14H2,2H3. The van der Waals surface area contributed by atoms with Gasteiger partial charge in [-0.25, -0.2) is 8.78 Å². The van der Waals surface area contributed by atoms with Gasteiger partial charge >= 0.3 is 0 Å². The Morgan fingerprint density at radius 1 is 1.07 bits per heavy atom. The molecule has 2 aliphatic rings. The molecule has 0 spiro atoms. The zero-order valence-corrected chi connectivity index (χ0v) is 17.3. The van der Waals surface area contributed by atoms with Gasteiger partial charge in [0.2, 0.25) is 5.82 Å². The number of ether oxygens (including phenoxy) is 2. The predicted molar refractivity (Wildman–Crippen MR) is 111 cm³/mol. The number of halogens is 3. The molecule has 2 aliphatic heterocycles. The number of fused-ring (bicyclic) bond motifs is 2. The summed E-state index contributed by atoms with van der Waals surface area (Å²) >= 11 is 0. The maximum Gasteiger partial charge on any atom is 0.201 e. The van der Waals surface area contributed by atoms with Crippen LogP contribution in [0, 0.1) is 17.5 Å². The van der Waals surface area contributed by atoms with Crippen LogP contribution < -0.4 is 4.74 Å². The van der Waals surface area contributed by atoms with E-state index in [9.17, 15) is 13.2 Å². The highest BCUT2D eigenvalue weighted by Gasteiger charge is 2.32. The molecule has 0 aromatic heterocycles. The monoisotopic (exact) mass is 416 g/mol. The lowest BCUT2D eigenvalue weighted by Crippen LogP contribution is -2.25. The molecule has 30 heavy (non-hydrogen) atoms. The second-order valence-corrected chi connectivity index (χ2v) is 8.23. The molecule has 160 valence electrons. The van der Waals surface area contributed by atoms with E-state index in [1.807, 2.05) is 0 Å². The zero-order chi connectivity index (χ0) is 21.3. The number of hydrogen-bond acceptors (Lipinski definition) is 2. The highest BCUT2D eigenvalue weighted by atomic mass is 19.2. The van der Waals surface area contributed by atoms with Crippen molar-refractivity contribution >= 4 is 0 Å². The van der Waals surface area contributed by atoms with E-state index in [1.54, 1.807) is 24.3 Å². The number of rotatable bonds is 6. The Bertz CT molecular complexity index is 946. The van der Waals surface area contributed by atoms with E-state index in [1.165, 1.54) is 0 Å². The van der Waals surface area contributed by atoms with Crippen molar-refractivity contribution in [3.05, 3.63) is 70.6 Å². The zero-order valence-electron chi connectivity index (χ0n) is 17.3. The molecule has 1 fully saturated rings. The van der Waals surface area contributed by atoms with Gasteiger partial charge in [-0.05, 0) is 49.3 Å². The van der Waals surface area contributed by atoms with Crippen molar-refractivity contribution in [3.63, 3.8) is 0 Å². The van der Waals surface area contributed by atoms with Crippen LogP contribution in [0.5, 0.6) is 11.5 Å². The molecule has 0 bridgehead atoms. The van der Waals surface area contributed by atoms with Crippen molar-refractivity contribution in [2.45, 2.75) is 63.9 Å². The maximum absolute atomic E-state index is 14.9. The molecule has 4 rings (SSSR count). The average Bonchev–Trinajstić information content (AvgIpc) is 2.76. The fourth-order valence-corrected chi connectivity index (χ4v) is 4.47. The maximum atomic E-state index is 14.9. The average molecular weight is 416 g/mol. The molecule has 2 unspecified atom stereocenters. The third-order valence-electron chi connectivity index (χ3n) is 6.15. The van der Waals surface area contributed by atoms with Crippen LogP contribution in [0.15, 0.2) is 30.9 Å². The van der Waals surface area contributed by atoms with Gasteiger partial charge in [0.1, 0.15) is 0 Å². The Labute approximate surface area is 175 Å². The van der Waals surface area contributed by atoms with E-state index < -0.39 is 17.5 Å². The molecule has 2 nitrogen and oxygen atoms in total. The summed E-state index contributed by atoms with van der Waals surface area (Å²) in [6, 6.07) is 5.21. The molecule has 0 saturated carbocycles. The normalized spacial score (nSPS) is 20.3. The van der Waals surface area contributed by atoms with Gasteiger partial charge in [0.25, 0.3) is 0 Å². The third kappa shape index (κ3) is 3.87. The number of aryl methyl sites for hydroxylation is 1. The predicted octanol–water partition coefficient (Wildman–Crippen LogP) is 6.98. The van der Waals surface area contributed by atoms with E-state index in [4.69, 9.17) is 9.47 Å².